The topological polar surface area (TPSA) is 127 Å². The molecule has 0 aliphatic heterocycles. The van der Waals surface area contributed by atoms with Crippen LogP contribution in [0.4, 0.5) is 11.4 Å². The summed E-state index contributed by atoms with van der Waals surface area (Å²) in [6.45, 7) is 0. The van der Waals surface area contributed by atoms with Crippen molar-refractivity contribution in [1.29, 1.82) is 0 Å². The van der Waals surface area contributed by atoms with Gasteiger partial charge in [0.05, 0.1) is 12.5 Å². The molecule has 0 fully saturated rings. The third kappa shape index (κ3) is 4.55. The van der Waals surface area contributed by atoms with Crippen LogP contribution in [0.15, 0.2) is 75.8 Å². The normalized spacial score (nSPS) is 11.2. The van der Waals surface area contributed by atoms with Gasteiger partial charge < -0.3 is 14.2 Å². The van der Waals surface area contributed by atoms with Crippen LogP contribution in [0, 0.1) is 0 Å². The highest BCUT2D eigenvalue weighted by atomic mass is 32.2. The monoisotopic (exact) mass is 424 g/mol. The second-order valence-electron chi connectivity index (χ2n) is 6.38. The van der Waals surface area contributed by atoms with Crippen molar-refractivity contribution in [3.05, 3.63) is 72.5 Å². The average Bonchev–Trinajstić information content (AvgIpc) is 3.39. The molecule has 30 heavy (non-hydrogen) atoms. The summed E-state index contributed by atoms with van der Waals surface area (Å²) in [4.78, 5) is 12.5. The van der Waals surface area contributed by atoms with Crippen molar-refractivity contribution >= 4 is 27.3 Å². The molecule has 2 aromatic carbocycles. The molecule has 4 aromatic rings. The van der Waals surface area contributed by atoms with Crippen molar-refractivity contribution in [2.75, 3.05) is 16.3 Å². The lowest BCUT2D eigenvalue weighted by Gasteiger charge is -2.08. The average molecular weight is 424 g/mol. The number of amides is 1. The van der Waals surface area contributed by atoms with Crippen LogP contribution in [0.25, 0.3) is 23.1 Å². The lowest BCUT2D eigenvalue weighted by atomic mass is 10.1. The Balaban J connectivity index is 1.48. The number of furan rings is 1. The maximum Gasteiger partial charge on any atom is 0.283 e. The SMILES string of the molecule is CS(=O)(=O)Nc1ccc(C(=O)Nc2cccc(-c3nnc(-c4ccco4)o3)c2)cc1. The molecule has 0 saturated carbocycles. The lowest BCUT2D eigenvalue weighted by Crippen LogP contribution is -2.13. The van der Waals surface area contributed by atoms with E-state index in [9.17, 15) is 13.2 Å². The largest absolute Gasteiger partial charge is 0.459 e. The summed E-state index contributed by atoms with van der Waals surface area (Å²) >= 11 is 0. The van der Waals surface area contributed by atoms with Crippen molar-refractivity contribution in [1.82, 2.24) is 10.2 Å². The van der Waals surface area contributed by atoms with Crippen LogP contribution in [0.1, 0.15) is 10.4 Å². The molecule has 10 heteroatoms. The first kappa shape index (κ1) is 19.4. The minimum Gasteiger partial charge on any atom is -0.459 e. The summed E-state index contributed by atoms with van der Waals surface area (Å²) in [7, 11) is -3.38. The fraction of sp³-hybridized carbons (Fsp3) is 0.0500. The van der Waals surface area contributed by atoms with E-state index in [1.807, 2.05) is 0 Å². The van der Waals surface area contributed by atoms with E-state index in [0.29, 0.717) is 28.3 Å². The van der Waals surface area contributed by atoms with E-state index in [2.05, 4.69) is 20.2 Å². The molecule has 1 amide bonds. The Morgan fingerprint density at radius 1 is 0.933 bits per heavy atom. The highest BCUT2D eigenvalue weighted by Gasteiger charge is 2.14. The molecule has 2 aromatic heterocycles. The first-order chi connectivity index (χ1) is 14.4. The van der Waals surface area contributed by atoms with Crippen LogP contribution < -0.4 is 10.0 Å². The number of aromatic nitrogens is 2. The van der Waals surface area contributed by atoms with E-state index in [-0.39, 0.29) is 17.7 Å². The van der Waals surface area contributed by atoms with Crippen LogP contribution in [0.5, 0.6) is 0 Å². The van der Waals surface area contributed by atoms with Gasteiger partial charge in [-0.3, -0.25) is 9.52 Å². The number of hydrogen-bond acceptors (Lipinski definition) is 7. The molecular formula is C20H16N4O5S. The first-order valence-electron chi connectivity index (χ1n) is 8.74. The number of carbonyl (C=O) groups is 1. The predicted octanol–water partition coefficient (Wildman–Crippen LogP) is 3.62. The van der Waals surface area contributed by atoms with Crippen molar-refractivity contribution in [3.63, 3.8) is 0 Å². The molecule has 2 N–H and O–H groups in total. The molecule has 0 aliphatic rings. The highest BCUT2D eigenvalue weighted by molar-refractivity contribution is 7.92. The Morgan fingerprint density at radius 2 is 1.70 bits per heavy atom. The number of nitrogens with zero attached hydrogens (tertiary/aromatic N) is 2. The van der Waals surface area contributed by atoms with Gasteiger partial charge in [0.2, 0.25) is 15.9 Å². The fourth-order valence-corrected chi connectivity index (χ4v) is 3.24. The third-order valence-corrected chi connectivity index (χ3v) is 4.58. The molecule has 0 saturated heterocycles. The van der Waals surface area contributed by atoms with Gasteiger partial charge in [0, 0.05) is 22.5 Å². The van der Waals surface area contributed by atoms with E-state index in [1.165, 1.54) is 30.5 Å². The second-order valence-corrected chi connectivity index (χ2v) is 8.12. The summed E-state index contributed by atoms with van der Waals surface area (Å²) in [5.74, 6) is 0.660. The van der Waals surface area contributed by atoms with E-state index < -0.39 is 10.0 Å². The van der Waals surface area contributed by atoms with E-state index >= 15 is 0 Å². The smallest absolute Gasteiger partial charge is 0.283 e. The number of rotatable bonds is 6. The Labute approximate surface area is 171 Å². The van der Waals surface area contributed by atoms with Gasteiger partial charge >= 0.3 is 0 Å². The summed E-state index contributed by atoms with van der Waals surface area (Å²) in [5, 5.41) is 10.8. The second kappa shape index (κ2) is 7.84. The van der Waals surface area contributed by atoms with Gasteiger partial charge in [-0.15, -0.1) is 10.2 Å². The number of anilines is 2. The number of benzene rings is 2. The van der Waals surface area contributed by atoms with Gasteiger partial charge in [-0.2, -0.15) is 0 Å². The standard InChI is InChI=1S/C20H16N4O5S/c1-30(26,27)24-15-9-7-13(8-10-15)18(25)21-16-5-2-4-14(12-16)19-22-23-20(29-19)17-6-3-11-28-17/h2-12,24H,1H3,(H,21,25). The molecule has 0 radical (unpaired) electrons. The van der Waals surface area contributed by atoms with Gasteiger partial charge in [0.15, 0.2) is 5.76 Å². The summed E-state index contributed by atoms with van der Waals surface area (Å²) in [5.41, 5.74) is 1.91. The quantitative estimate of drug-likeness (QED) is 0.484. The van der Waals surface area contributed by atoms with Gasteiger partial charge in [-0.05, 0) is 54.6 Å². The molecule has 0 aliphatic carbocycles. The van der Waals surface area contributed by atoms with E-state index in [1.54, 1.807) is 36.4 Å². The molecule has 2 heterocycles. The van der Waals surface area contributed by atoms with Gasteiger partial charge in [-0.1, -0.05) is 6.07 Å². The Kier molecular flexibility index (Phi) is 5.07. The van der Waals surface area contributed by atoms with E-state index in [4.69, 9.17) is 8.83 Å². The molecule has 0 unspecified atom stereocenters. The van der Waals surface area contributed by atoms with Crippen molar-refractivity contribution in [2.45, 2.75) is 0 Å². The van der Waals surface area contributed by atoms with Crippen molar-refractivity contribution in [3.8, 4) is 23.1 Å². The summed E-state index contributed by atoms with van der Waals surface area (Å²) in [6, 6.07) is 16.5. The van der Waals surface area contributed by atoms with Gasteiger partial charge in [-0.25, -0.2) is 8.42 Å². The van der Waals surface area contributed by atoms with Crippen LogP contribution in [0.3, 0.4) is 0 Å². The van der Waals surface area contributed by atoms with Crippen LogP contribution in [0.2, 0.25) is 0 Å². The highest BCUT2D eigenvalue weighted by Crippen LogP contribution is 2.26. The Morgan fingerprint density at radius 3 is 2.40 bits per heavy atom. The number of carbonyl (C=O) groups excluding carboxylic acids is 1. The Hall–Kier alpha value is -3.92. The maximum atomic E-state index is 12.5. The molecule has 4 rings (SSSR count). The van der Waals surface area contributed by atoms with Crippen molar-refractivity contribution < 1.29 is 22.0 Å². The number of nitrogens with one attached hydrogen (secondary N) is 2. The number of hydrogen-bond donors (Lipinski definition) is 2. The van der Waals surface area contributed by atoms with Gasteiger partial charge in [0.1, 0.15) is 0 Å². The zero-order chi connectivity index (χ0) is 21.1. The molecule has 152 valence electrons. The zero-order valence-electron chi connectivity index (χ0n) is 15.7. The first-order valence-corrected chi connectivity index (χ1v) is 10.6. The zero-order valence-corrected chi connectivity index (χ0v) is 16.5. The van der Waals surface area contributed by atoms with Gasteiger partial charge in [0.25, 0.3) is 11.8 Å². The fourth-order valence-electron chi connectivity index (χ4n) is 2.68. The molecule has 0 bridgehead atoms. The van der Waals surface area contributed by atoms with Crippen LogP contribution in [-0.4, -0.2) is 30.8 Å². The maximum absolute atomic E-state index is 12.5. The Bertz CT molecular complexity index is 1280. The summed E-state index contributed by atoms with van der Waals surface area (Å²) in [6.07, 6.45) is 2.57. The van der Waals surface area contributed by atoms with Crippen LogP contribution in [-0.2, 0) is 10.0 Å². The molecule has 9 nitrogen and oxygen atoms in total. The molecular weight excluding hydrogens is 408 g/mol. The predicted molar refractivity (Wildman–Crippen MR) is 110 cm³/mol. The minimum atomic E-state index is -3.38. The lowest BCUT2D eigenvalue weighted by molar-refractivity contribution is 0.102. The van der Waals surface area contributed by atoms with E-state index in [0.717, 1.165) is 6.26 Å². The number of sulfonamides is 1. The minimum absolute atomic E-state index is 0.257. The van der Waals surface area contributed by atoms with Crippen molar-refractivity contribution in [2.24, 2.45) is 0 Å². The van der Waals surface area contributed by atoms with Crippen LogP contribution >= 0.6 is 0 Å². The third-order valence-electron chi connectivity index (χ3n) is 3.97. The summed E-state index contributed by atoms with van der Waals surface area (Å²) < 4.78 is 35.7. The molecule has 0 spiro atoms. The molecule has 0 atom stereocenters.